The molecule has 0 aromatic rings. The van der Waals surface area contributed by atoms with Gasteiger partial charge in [-0.3, -0.25) is 0 Å². The van der Waals surface area contributed by atoms with E-state index >= 15 is 0 Å². The van der Waals surface area contributed by atoms with E-state index in [-0.39, 0.29) is 6.10 Å². The van der Waals surface area contributed by atoms with Crippen molar-refractivity contribution in [1.29, 1.82) is 0 Å². The first-order valence-corrected chi connectivity index (χ1v) is 14.3. The Labute approximate surface area is 200 Å². The Kier molecular flexibility index (Phi) is 15.5. The van der Waals surface area contributed by atoms with Gasteiger partial charge in [0.15, 0.2) is 0 Å². The van der Waals surface area contributed by atoms with Gasteiger partial charge in [-0.2, -0.15) is 0 Å². The predicted octanol–water partition coefficient (Wildman–Crippen LogP) is 9.10. The molecule has 2 aliphatic rings. The maximum atomic E-state index is 6.43. The van der Waals surface area contributed by atoms with Gasteiger partial charge in [0.1, 0.15) is 6.10 Å². The Morgan fingerprint density at radius 2 is 1.28 bits per heavy atom. The molecule has 32 heavy (non-hydrogen) atoms. The number of hydrogen-bond acceptors (Lipinski definition) is 3. The summed E-state index contributed by atoms with van der Waals surface area (Å²) in [4.78, 5) is 0. The minimum atomic E-state index is -0.468. The first kappa shape index (κ1) is 27.7. The average Bonchev–Trinajstić information content (AvgIpc) is 3.65. The van der Waals surface area contributed by atoms with Gasteiger partial charge in [0, 0.05) is 12.3 Å². The van der Waals surface area contributed by atoms with E-state index in [0.717, 1.165) is 13.0 Å². The molecule has 0 aromatic carbocycles. The van der Waals surface area contributed by atoms with Gasteiger partial charge < -0.3 is 14.2 Å². The van der Waals surface area contributed by atoms with E-state index in [1.165, 1.54) is 128 Å². The van der Waals surface area contributed by atoms with Crippen LogP contribution in [-0.4, -0.2) is 25.1 Å². The molecule has 3 heteroatoms. The zero-order valence-electron chi connectivity index (χ0n) is 21.4. The minimum Gasteiger partial charge on any atom is -0.470 e. The largest absolute Gasteiger partial charge is 0.470 e. The maximum Gasteiger partial charge on any atom is 0.212 e. The van der Waals surface area contributed by atoms with E-state index < -0.39 is 5.79 Å². The number of unbranched alkanes of at least 4 members (excludes halogenated alkanes) is 14. The molecule has 1 saturated heterocycles. The lowest BCUT2D eigenvalue weighted by atomic mass is 9.80. The van der Waals surface area contributed by atoms with Crippen molar-refractivity contribution in [1.82, 2.24) is 0 Å². The summed E-state index contributed by atoms with van der Waals surface area (Å²) in [5.74, 6) is 0.0321. The van der Waals surface area contributed by atoms with Gasteiger partial charge in [-0.1, -0.05) is 123 Å². The van der Waals surface area contributed by atoms with Crippen LogP contribution in [0.2, 0.25) is 0 Å². The normalized spacial score (nSPS) is 20.7. The number of hydrogen-bond donors (Lipinski definition) is 0. The molecular formula is C29H54O3. The maximum absolute atomic E-state index is 6.43. The SMILES string of the molecule is C=COC(CCCCCCCCCCCCCCCCC)(OCC1CO1)C1CCCCC1. The molecule has 0 aromatic heterocycles. The minimum absolute atomic E-state index is 0.285. The van der Waals surface area contributed by atoms with E-state index in [2.05, 4.69) is 13.5 Å². The highest BCUT2D eigenvalue weighted by Gasteiger charge is 2.43. The number of ether oxygens (including phenoxy) is 3. The van der Waals surface area contributed by atoms with Crippen LogP contribution in [0.15, 0.2) is 12.8 Å². The first-order valence-electron chi connectivity index (χ1n) is 14.3. The van der Waals surface area contributed by atoms with E-state index in [4.69, 9.17) is 14.2 Å². The van der Waals surface area contributed by atoms with Gasteiger partial charge in [0.05, 0.1) is 19.5 Å². The fourth-order valence-corrected chi connectivity index (χ4v) is 5.41. The molecule has 0 radical (unpaired) electrons. The van der Waals surface area contributed by atoms with Crippen LogP contribution < -0.4 is 0 Å². The van der Waals surface area contributed by atoms with Gasteiger partial charge in [-0.05, 0) is 19.3 Å². The molecule has 0 spiro atoms. The molecule has 0 bridgehead atoms. The fraction of sp³-hybridized carbons (Fsp3) is 0.931. The Balaban J connectivity index is 1.52. The van der Waals surface area contributed by atoms with Gasteiger partial charge >= 0.3 is 0 Å². The second-order valence-corrected chi connectivity index (χ2v) is 10.4. The highest BCUT2D eigenvalue weighted by molar-refractivity contribution is 4.86. The van der Waals surface area contributed by atoms with Crippen LogP contribution in [0.3, 0.4) is 0 Å². The molecule has 1 saturated carbocycles. The molecule has 188 valence electrons. The lowest BCUT2D eigenvalue weighted by molar-refractivity contribution is -0.251. The molecule has 2 rings (SSSR count). The second kappa shape index (κ2) is 17.9. The van der Waals surface area contributed by atoms with Crippen molar-refractivity contribution < 1.29 is 14.2 Å². The Morgan fingerprint density at radius 3 is 1.75 bits per heavy atom. The van der Waals surface area contributed by atoms with Crippen LogP contribution in [-0.2, 0) is 14.2 Å². The van der Waals surface area contributed by atoms with Crippen LogP contribution in [0.1, 0.15) is 142 Å². The van der Waals surface area contributed by atoms with E-state index in [1.54, 1.807) is 6.26 Å². The van der Waals surface area contributed by atoms with Gasteiger partial charge in [0.25, 0.3) is 0 Å². The van der Waals surface area contributed by atoms with Crippen LogP contribution >= 0.6 is 0 Å². The topological polar surface area (TPSA) is 31.0 Å². The molecule has 1 aliphatic heterocycles. The lowest BCUT2D eigenvalue weighted by Crippen LogP contribution is -2.44. The molecule has 1 aliphatic carbocycles. The van der Waals surface area contributed by atoms with Crippen molar-refractivity contribution in [3.05, 3.63) is 12.8 Å². The van der Waals surface area contributed by atoms with Crippen molar-refractivity contribution in [2.45, 2.75) is 154 Å². The zero-order valence-corrected chi connectivity index (χ0v) is 21.4. The number of epoxide rings is 1. The van der Waals surface area contributed by atoms with Gasteiger partial charge in [-0.25, -0.2) is 0 Å². The van der Waals surface area contributed by atoms with Crippen LogP contribution in [0.25, 0.3) is 0 Å². The molecule has 0 amide bonds. The summed E-state index contributed by atoms with van der Waals surface area (Å²) in [5, 5.41) is 0. The van der Waals surface area contributed by atoms with Gasteiger partial charge in [0.2, 0.25) is 5.79 Å². The molecule has 0 N–H and O–H groups in total. The van der Waals surface area contributed by atoms with Crippen molar-refractivity contribution >= 4 is 0 Å². The van der Waals surface area contributed by atoms with E-state index in [1.807, 2.05) is 0 Å². The molecule has 2 fully saturated rings. The summed E-state index contributed by atoms with van der Waals surface area (Å²) in [6, 6.07) is 0. The summed E-state index contributed by atoms with van der Waals surface area (Å²) >= 11 is 0. The molecule has 1 heterocycles. The quantitative estimate of drug-likeness (QED) is 0.0713. The second-order valence-electron chi connectivity index (χ2n) is 10.4. The molecule has 3 nitrogen and oxygen atoms in total. The summed E-state index contributed by atoms with van der Waals surface area (Å²) < 4.78 is 18.0. The van der Waals surface area contributed by atoms with E-state index in [0.29, 0.717) is 12.5 Å². The van der Waals surface area contributed by atoms with Crippen molar-refractivity contribution in [2.24, 2.45) is 5.92 Å². The molecule has 2 atom stereocenters. The summed E-state index contributed by atoms with van der Waals surface area (Å²) in [6.45, 7) is 7.68. The number of rotatable bonds is 22. The van der Waals surface area contributed by atoms with Crippen LogP contribution in [0.5, 0.6) is 0 Å². The first-order chi connectivity index (χ1) is 15.8. The Hall–Kier alpha value is -0.540. The summed E-state index contributed by atoms with van der Waals surface area (Å²) in [7, 11) is 0. The zero-order chi connectivity index (χ0) is 22.7. The Bertz CT molecular complexity index is 442. The average molecular weight is 451 g/mol. The third kappa shape index (κ3) is 12.1. The molecule has 2 unspecified atom stereocenters. The smallest absolute Gasteiger partial charge is 0.212 e. The van der Waals surface area contributed by atoms with Gasteiger partial charge in [-0.15, -0.1) is 0 Å². The summed E-state index contributed by atoms with van der Waals surface area (Å²) in [5.41, 5.74) is 0. The van der Waals surface area contributed by atoms with E-state index in [9.17, 15) is 0 Å². The highest BCUT2D eigenvalue weighted by Crippen LogP contribution is 2.40. The molecular weight excluding hydrogens is 396 g/mol. The standard InChI is InChI=1S/C29H54O3/c1-3-5-6-7-8-9-10-11-12-13-14-15-16-17-21-24-29(31-4-2,32-26-28-25-30-28)27-22-19-18-20-23-27/h4,27-28H,2-3,5-26H2,1H3. The third-order valence-corrected chi connectivity index (χ3v) is 7.55. The Morgan fingerprint density at radius 1 is 0.781 bits per heavy atom. The fourth-order valence-electron chi connectivity index (χ4n) is 5.41. The third-order valence-electron chi connectivity index (χ3n) is 7.55. The monoisotopic (exact) mass is 450 g/mol. The van der Waals surface area contributed by atoms with Crippen molar-refractivity contribution in [2.75, 3.05) is 13.2 Å². The van der Waals surface area contributed by atoms with Crippen molar-refractivity contribution in [3.8, 4) is 0 Å². The van der Waals surface area contributed by atoms with Crippen LogP contribution in [0, 0.1) is 5.92 Å². The predicted molar refractivity (Wildman–Crippen MR) is 136 cm³/mol. The van der Waals surface area contributed by atoms with Crippen molar-refractivity contribution in [3.63, 3.8) is 0 Å². The summed E-state index contributed by atoms with van der Waals surface area (Å²) in [6.07, 6.45) is 30.2. The highest BCUT2D eigenvalue weighted by atomic mass is 16.7. The van der Waals surface area contributed by atoms with Crippen LogP contribution in [0.4, 0.5) is 0 Å². The lowest BCUT2D eigenvalue weighted by Gasteiger charge is -2.41.